The van der Waals surface area contributed by atoms with Gasteiger partial charge in [0.25, 0.3) is 0 Å². The largest absolute Gasteiger partial charge is 0.478 e. The highest BCUT2D eigenvalue weighted by Crippen LogP contribution is 2.20. The summed E-state index contributed by atoms with van der Waals surface area (Å²) in [5.74, 6) is -1.00. The van der Waals surface area contributed by atoms with Crippen LogP contribution in [0.2, 0.25) is 0 Å². The second-order valence-electron chi connectivity index (χ2n) is 4.66. The average Bonchev–Trinajstić information content (AvgIpc) is 2.99. The molecular formula is C15H17NO4S2. The molecule has 0 amide bonds. The van der Waals surface area contributed by atoms with Gasteiger partial charge in [0, 0.05) is 11.4 Å². The summed E-state index contributed by atoms with van der Waals surface area (Å²) in [6, 6.07) is 9.68. The lowest BCUT2D eigenvalue weighted by molar-refractivity contribution is 0.0697. The Kier molecular flexibility index (Phi) is 5.20. The van der Waals surface area contributed by atoms with Gasteiger partial charge in [-0.25, -0.2) is 13.2 Å². The summed E-state index contributed by atoms with van der Waals surface area (Å²) in [5.41, 5.74) is 0.620. The van der Waals surface area contributed by atoms with Crippen molar-refractivity contribution in [3.8, 4) is 0 Å². The van der Waals surface area contributed by atoms with E-state index >= 15 is 0 Å². The van der Waals surface area contributed by atoms with Crippen LogP contribution in [-0.2, 0) is 16.4 Å². The lowest BCUT2D eigenvalue weighted by Gasteiger charge is -2.22. The second-order valence-corrected chi connectivity index (χ2v) is 7.71. The van der Waals surface area contributed by atoms with Crippen LogP contribution in [0.3, 0.4) is 0 Å². The van der Waals surface area contributed by atoms with Crippen molar-refractivity contribution < 1.29 is 18.3 Å². The average molecular weight is 339 g/mol. The minimum atomic E-state index is -3.44. The Balaban J connectivity index is 2.16. The zero-order chi connectivity index (χ0) is 16.2. The van der Waals surface area contributed by atoms with Gasteiger partial charge >= 0.3 is 5.97 Å². The smallest absolute Gasteiger partial charge is 0.335 e. The van der Waals surface area contributed by atoms with E-state index in [1.165, 1.54) is 39.9 Å². The number of carbonyl (C=O) groups is 1. The number of carboxylic acid groups (broad SMARTS) is 1. The molecule has 0 saturated carbocycles. The highest BCUT2D eigenvalue weighted by Gasteiger charge is 2.21. The molecule has 0 radical (unpaired) electrons. The van der Waals surface area contributed by atoms with Crippen LogP contribution in [0.15, 0.2) is 41.8 Å². The van der Waals surface area contributed by atoms with E-state index < -0.39 is 16.0 Å². The maximum atomic E-state index is 12.5. The number of benzene rings is 1. The molecule has 5 nitrogen and oxygen atoms in total. The van der Waals surface area contributed by atoms with Crippen molar-refractivity contribution in [1.29, 1.82) is 0 Å². The lowest BCUT2D eigenvalue weighted by atomic mass is 10.2. The Bertz CT molecular complexity index is 721. The number of sulfonamides is 1. The van der Waals surface area contributed by atoms with Gasteiger partial charge < -0.3 is 5.11 Å². The van der Waals surface area contributed by atoms with E-state index in [0.717, 1.165) is 4.88 Å². The zero-order valence-electron chi connectivity index (χ0n) is 12.1. The van der Waals surface area contributed by atoms with Crippen molar-refractivity contribution in [1.82, 2.24) is 0 Å². The van der Waals surface area contributed by atoms with Gasteiger partial charge in [0.05, 0.1) is 17.0 Å². The summed E-state index contributed by atoms with van der Waals surface area (Å²) < 4.78 is 26.3. The molecule has 0 spiro atoms. The first-order valence-corrected chi connectivity index (χ1v) is 9.29. The molecule has 0 aliphatic carbocycles. The van der Waals surface area contributed by atoms with E-state index in [0.29, 0.717) is 18.7 Å². The SMILES string of the molecule is CCN(c1ccc(C(=O)O)cc1)S(=O)(=O)CCc1cccs1. The van der Waals surface area contributed by atoms with Crippen LogP contribution in [0, 0.1) is 0 Å². The predicted molar refractivity (Wildman–Crippen MR) is 88.2 cm³/mol. The molecule has 2 aromatic rings. The Morgan fingerprint density at radius 2 is 1.91 bits per heavy atom. The monoisotopic (exact) mass is 339 g/mol. The third kappa shape index (κ3) is 3.86. The summed E-state index contributed by atoms with van der Waals surface area (Å²) in [5, 5.41) is 10.8. The van der Waals surface area contributed by atoms with Crippen molar-refractivity contribution in [2.75, 3.05) is 16.6 Å². The van der Waals surface area contributed by atoms with Crippen LogP contribution >= 0.6 is 11.3 Å². The number of carboxylic acids is 1. The fourth-order valence-electron chi connectivity index (χ4n) is 2.10. The molecule has 1 aromatic carbocycles. The van der Waals surface area contributed by atoms with Gasteiger partial charge in [-0.15, -0.1) is 11.3 Å². The number of hydrogen-bond donors (Lipinski definition) is 1. The van der Waals surface area contributed by atoms with Gasteiger partial charge in [0.2, 0.25) is 10.0 Å². The third-order valence-corrected chi connectivity index (χ3v) is 6.01. The van der Waals surface area contributed by atoms with E-state index in [9.17, 15) is 13.2 Å². The number of hydrogen-bond acceptors (Lipinski definition) is 4. The van der Waals surface area contributed by atoms with Gasteiger partial charge in [0.1, 0.15) is 0 Å². The summed E-state index contributed by atoms with van der Waals surface area (Å²) >= 11 is 1.54. The van der Waals surface area contributed by atoms with Crippen molar-refractivity contribution in [3.63, 3.8) is 0 Å². The maximum absolute atomic E-state index is 12.5. The summed E-state index contributed by atoms with van der Waals surface area (Å²) in [6.07, 6.45) is 0.476. The predicted octanol–water partition coefficient (Wildman–Crippen LogP) is 2.85. The number of aryl methyl sites for hydroxylation is 1. The molecule has 1 N–H and O–H groups in total. The van der Waals surface area contributed by atoms with Crippen LogP contribution in [0.1, 0.15) is 22.2 Å². The topological polar surface area (TPSA) is 74.7 Å². The molecule has 2 rings (SSSR count). The number of thiophene rings is 1. The van der Waals surface area contributed by atoms with E-state index in [1.54, 1.807) is 6.92 Å². The van der Waals surface area contributed by atoms with Crippen LogP contribution in [0.4, 0.5) is 5.69 Å². The first kappa shape index (κ1) is 16.5. The van der Waals surface area contributed by atoms with Crippen molar-refractivity contribution >= 4 is 33.0 Å². The highest BCUT2D eigenvalue weighted by atomic mass is 32.2. The van der Waals surface area contributed by atoms with E-state index in [2.05, 4.69) is 0 Å². The Morgan fingerprint density at radius 3 is 2.41 bits per heavy atom. The van der Waals surface area contributed by atoms with Crippen molar-refractivity contribution in [2.45, 2.75) is 13.3 Å². The summed E-state index contributed by atoms with van der Waals surface area (Å²) in [6.45, 7) is 2.06. The molecule has 1 aromatic heterocycles. The Labute approximate surface area is 133 Å². The first-order valence-electron chi connectivity index (χ1n) is 6.80. The van der Waals surface area contributed by atoms with Gasteiger partial charge in [-0.05, 0) is 49.1 Å². The number of rotatable bonds is 7. The molecule has 0 fully saturated rings. The molecule has 7 heteroatoms. The van der Waals surface area contributed by atoms with Crippen LogP contribution < -0.4 is 4.31 Å². The third-order valence-electron chi connectivity index (χ3n) is 3.21. The van der Waals surface area contributed by atoms with Gasteiger partial charge in [-0.2, -0.15) is 0 Å². The zero-order valence-corrected chi connectivity index (χ0v) is 13.7. The Hall–Kier alpha value is -1.86. The fourth-order valence-corrected chi connectivity index (χ4v) is 4.48. The van der Waals surface area contributed by atoms with Crippen molar-refractivity contribution in [2.24, 2.45) is 0 Å². The molecule has 118 valence electrons. The molecule has 0 unspecified atom stereocenters. The molecule has 0 atom stereocenters. The molecule has 0 bridgehead atoms. The quantitative estimate of drug-likeness (QED) is 0.842. The van der Waals surface area contributed by atoms with E-state index in [-0.39, 0.29) is 11.3 Å². The van der Waals surface area contributed by atoms with Crippen molar-refractivity contribution in [3.05, 3.63) is 52.2 Å². The summed E-state index contributed by atoms with van der Waals surface area (Å²) in [4.78, 5) is 11.9. The lowest BCUT2D eigenvalue weighted by Crippen LogP contribution is -2.33. The van der Waals surface area contributed by atoms with Crippen LogP contribution in [0.5, 0.6) is 0 Å². The van der Waals surface area contributed by atoms with Crippen LogP contribution in [-0.4, -0.2) is 31.8 Å². The normalized spacial score (nSPS) is 11.3. The molecule has 22 heavy (non-hydrogen) atoms. The van der Waals surface area contributed by atoms with Gasteiger partial charge in [-0.3, -0.25) is 4.31 Å². The fraction of sp³-hybridized carbons (Fsp3) is 0.267. The molecular weight excluding hydrogens is 322 g/mol. The number of anilines is 1. The second kappa shape index (κ2) is 6.93. The first-order chi connectivity index (χ1) is 10.4. The van der Waals surface area contributed by atoms with Gasteiger partial charge in [-0.1, -0.05) is 6.07 Å². The number of aromatic carboxylic acids is 1. The van der Waals surface area contributed by atoms with Gasteiger partial charge in [0.15, 0.2) is 0 Å². The standard InChI is InChI=1S/C15H17NO4S2/c1-2-16(13-7-5-12(6-8-13)15(17)18)22(19,20)11-9-14-4-3-10-21-14/h3-8,10H,2,9,11H2,1H3,(H,17,18). The molecule has 0 saturated heterocycles. The number of nitrogens with zero attached hydrogens (tertiary/aromatic N) is 1. The highest BCUT2D eigenvalue weighted by molar-refractivity contribution is 7.92. The molecule has 1 heterocycles. The van der Waals surface area contributed by atoms with E-state index in [1.807, 2.05) is 17.5 Å². The molecule has 0 aliphatic rings. The molecule has 0 aliphatic heterocycles. The Morgan fingerprint density at radius 1 is 1.23 bits per heavy atom. The maximum Gasteiger partial charge on any atom is 0.335 e. The van der Waals surface area contributed by atoms with Crippen LogP contribution in [0.25, 0.3) is 0 Å². The minimum absolute atomic E-state index is 0.0298. The minimum Gasteiger partial charge on any atom is -0.478 e. The summed E-state index contributed by atoms with van der Waals surface area (Å²) in [7, 11) is -3.44. The van der Waals surface area contributed by atoms with E-state index in [4.69, 9.17) is 5.11 Å².